The van der Waals surface area contributed by atoms with Crippen molar-refractivity contribution in [2.75, 3.05) is 0 Å². The Labute approximate surface area is 214 Å². The molecule has 0 spiro atoms. The molecule has 1 atom stereocenters. The fourth-order valence-electron chi connectivity index (χ4n) is 3.76. The van der Waals surface area contributed by atoms with Crippen LogP contribution in [0.1, 0.15) is 78.8 Å². The molecule has 2 aromatic rings. The number of rotatable bonds is 15. The fourth-order valence-corrected chi connectivity index (χ4v) is 6.03. The predicted molar refractivity (Wildman–Crippen MR) is 142 cm³/mol. The average molecular weight is 521 g/mol. The van der Waals surface area contributed by atoms with E-state index in [1.165, 1.54) is 0 Å². The highest BCUT2D eigenvalue weighted by Crippen LogP contribution is 2.25. The maximum absolute atomic E-state index is 12.2. The molecule has 2 heterocycles. The van der Waals surface area contributed by atoms with Crippen molar-refractivity contribution in [3.63, 3.8) is 0 Å². The number of carboxylic acids is 2. The van der Waals surface area contributed by atoms with E-state index in [9.17, 15) is 24.3 Å². The van der Waals surface area contributed by atoms with Gasteiger partial charge in [0.25, 0.3) is 0 Å². The molecule has 0 saturated heterocycles. The molecule has 6 nitrogen and oxygen atoms in total. The van der Waals surface area contributed by atoms with Gasteiger partial charge in [0.2, 0.25) is 0 Å². The first kappa shape index (κ1) is 28.9. The molecular formula is C27H36O6S2. The van der Waals surface area contributed by atoms with E-state index < -0.39 is 17.4 Å². The molecular weight excluding hydrogens is 484 g/mol. The quantitative estimate of drug-likeness (QED) is 0.297. The van der Waals surface area contributed by atoms with Crippen LogP contribution in [-0.2, 0) is 35.3 Å². The highest BCUT2D eigenvalue weighted by atomic mass is 32.1. The molecule has 192 valence electrons. The maximum atomic E-state index is 12.2. The fraction of sp³-hybridized carbons (Fsp3) is 0.556. The highest BCUT2D eigenvalue weighted by Gasteiger charge is 2.26. The third-order valence-corrected chi connectivity index (χ3v) is 8.48. The van der Waals surface area contributed by atoms with Crippen LogP contribution in [0, 0.1) is 11.3 Å². The summed E-state index contributed by atoms with van der Waals surface area (Å²) in [5, 5.41) is 18.2. The maximum Gasteiger partial charge on any atom is 0.309 e. The van der Waals surface area contributed by atoms with E-state index in [2.05, 4.69) is 0 Å². The zero-order valence-electron chi connectivity index (χ0n) is 20.8. The van der Waals surface area contributed by atoms with Crippen molar-refractivity contribution in [3.8, 4) is 0 Å². The summed E-state index contributed by atoms with van der Waals surface area (Å²) in [6, 6.07) is 6.66. The van der Waals surface area contributed by atoms with Gasteiger partial charge in [-0.1, -0.05) is 19.8 Å². The van der Waals surface area contributed by atoms with Crippen LogP contribution in [0.4, 0.5) is 0 Å². The lowest BCUT2D eigenvalue weighted by Crippen LogP contribution is -2.23. The van der Waals surface area contributed by atoms with Crippen LogP contribution in [0.3, 0.4) is 0 Å². The normalized spacial score (nSPS) is 12.4. The molecule has 0 aromatic carbocycles. The summed E-state index contributed by atoms with van der Waals surface area (Å²) in [5.74, 6) is -1.91. The topological polar surface area (TPSA) is 109 Å². The summed E-state index contributed by atoms with van der Waals surface area (Å²) >= 11 is 3.23. The smallest absolute Gasteiger partial charge is 0.309 e. The van der Waals surface area contributed by atoms with Gasteiger partial charge in [-0.05, 0) is 89.5 Å². The van der Waals surface area contributed by atoms with Crippen molar-refractivity contribution in [3.05, 3.63) is 64.2 Å². The lowest BCUT2D eigenvalue weighted by atomic mass is 9.87. The van der Waals surface area contributed by atoms with Gasteiger partial charge < -0.3 is 10.2 Å². The second-order valence-electron chi connectivity index (χ2n) is 9.83. The lowest BCUT2D eigenvalue weighted by molar-refractivity contribution is -0.147. The third-order valence-electron chi connectivity index (χ3n) is 6.14. The predicted octanol–water partition coefficient (Wildman–Crippen LogP) is 5.57. The monoisotopic (exact) mass is 520 g/mol. The SMILES string of the molecule is CC(CCCCc1cc(=O)cc(CCc2cc(=O)cc(CCCCC(C)(C)C(=O)O)s2)s1)C(=O)O. The first-order valence-corrected chi connectivity index (χ1v) is 13.8. The van der Waals surface area contributed by atoms with Gasteiger partial charge in [0.15, 0.2) is 10.9 Å². The summed E-state index contributed by atoms with van der Waals surface area (Å²) in [4.78, 5) is 50.5. The van der Waals surface area contributed by atoms with E-state index in [0.29, 0.717) is 25.7 Å². The van der Waals surface area contributed by atoms with Gasteiger partial charge in [-0.25, -0.2) is 0 Å². The number of unbranched alkanes of at least 4 members (excludes halogenated alkanes) is 2. The molecule has 0 aliphatic heterocycles. The summed E-state index contributed by atoms with van der Waals surface area (Å²) in [6.45, 7) is 5.18. The number of carbonyl (C=O) groups is 2. The minimum Gasteiger partial charge on any atom is -0.481 e. The molecule has 0 aliphatic carbocycles. The Morgan fingerprint density at radius 2 is 1.20 bits per heavy atom. The van der Waals surface area contributed by atoms with E-state index >= 15 is 0 Å². The van der Waals surface area contributed by atoms with Crippen molar-refractivity contribution < 1.29 is 19.8 Å². The Bertz CT molecular complexity index is 1120. The van der Waals surface area contributed by atoms with Crippen LogP contribution >= 0.6 is 22.7 Å². The molecule has 2 aromatic heterocycles. The van der Waals surface area contributed by atoms with E-state index in [4.69, 9.17) is 5.11 Å². The summed E-state index contributed by atoms with van der Waals surface area (Å²) in [7, 11) is 0. The largest absolute Gasteiger partial charge is 0.481 e. The second-order valence-corrected chi connectivity index (χ2v) is 12.3. The summed E-state index contributed by atoms with van der Waals surface area (Å²) < 4.78 is 0. The van der Waals surface area contributed by atoms with Crippen molar-refractivity contribution in [2.24, 2.45) is 11.3 Å². The molecule has 0 bridgehead atoms. The first-order valence-electron chi connectivity index (χ1n) is 12.2. The Balaban J connectivity index is 1.90. The van der Waals surface area contributed by atoms with Crippen molar-refractivity contribution >= 4 is 34.6 Å². The van der Waals surface area contributed by atoms with Gasteiger partial charge >= 0.3 is 11.9 Å². The zero-order chi connectivity index (χ0) is 26.0. The Kier molecular flexibility index (Phi) is 11.3. The van der Waals surface area contributed by atoms with Crippen LogP contribution in [0.25, 0.3) is 0 Å². The van der Waals surface area contributed by atoms with Crippen molar-refractivity contribution in [1.29, 1.82) is 0 Å². The minimum atomic E-state index is -0.789. The molecule has 0 saturated carbocycles. The van der Waals surface area contributed by atoms with Gasteiger partial charge in [-0.2, -0.15) is 0 Å². The van der Waals surface area contributed by atoms with E-state index in [-0.39, 0.29) is 16.8 Å². The van der Waals surface area contributed by atoms with Crippen molar-refractivity contribution in [1.82, 2.24) is 0 Å². The lowest BCUT2D eigenvalue weighted by Gasteiger charge is -2.18. The van der Waals surface area contributed by atoms with Gasteiger partial charge in [0, 0.05) is 19.5 Å². The van der Waals surface area contributed by atoms with Crippen LogP contribution in [-0.4, -0.2) is 22.2 Å². The van der Waals surface area contributed by atoms with E-state index in [0.717, 1.165) is 58.0 Å². The number of hydrogen-bond acceptors (Lipinski definition) is 6. The molecule has 2 rings (SSSR count). The number of hydrogen-bond donors (Lipinski definition) is 2. The molecule has 0 radical (unpaired) electrons. The zero-order valence-corrected chi connectivity index (χ0v) is 22.4. The molecule has 1 unspecified atom stereocenters. The summed E-state index contributed by atoms with van der Waals surface area (Å²) in [6.07, 6.45) is 7.43. The van der Waals surface area contributed by atoms with Gasteiger partial charge in [-0.3, -0.25) is 19.2 Å². The second kappa shape index (κ2) is 13.7. The van der Waals surface area contributed by atoms with Crippen LogP contribution in [0.5, 0.6) is 0 Å². The Morgan fingerprint density at radius 1 is 0.771 bits per heavy atom. The standard InChI is InChI=1S/C27H36O6S2/c1-18(25(30)31)8-4-5-9-21-14-19(28)16-23(34-21)11-12-24-17-20(29)15-22(35-24)10-6-7-13-27(2,3)26(32)33/h14-18H,4-13H2,1-3H3,(H,30,31)(H,32,33). The molecule has 0 aliphatic rings. The molecule has 35 heavy (non-hydrogen) atoms. The van der Waals surface area contributed by atoms with Gasteiger partial charge in [0.1, 0.15) is 0 Å². The van der Waals surface area contributed by atoms with Crippen LogP contribution in [0.2, 0.25) is 0 Å². The van der Waals surface area contributed by atoms with E-state index in [1.807, 2.05) is 0 Å². The van der Waals surface area contributed by atoms with Crippen LogP contribution in [0.15, 0.2) is 33.9 Å². The highest BCUT2D eigenvalue weighted by molar-refractivity contribution is 7.12. The Hall–Kier alpha value is -2.32. The molecule has 8 heteroatoms. The molecule has 2 N–H and O–H groups in total. The molecule has 0 fully saturated rings. The van der Waals surface area contributed by atoms with Gasteiger partial charge in [0.05, 0.1) is 11.3 Å². The molecule has 0 amide bonds. The van der Waals surface area contributed by atoms with Crippen molar-refractivity contribution in [2.45, 2.75) is 85.0 Å². The number of aryl methyl sites for hydroxylation is 4. The summed E-state index contributed by atoms with van der Waals surface area (Å²) in [5.41, 5.74) is -0.766. The first-order chi connectivity index (χ1) is 16.5. The minimum absolute atomic E-state index is 0.0149. The number of carboxylic acid groups (broad SMARTS) is 2. The average Bonchev–Trinajstić information content (AvgIpc) is 2.77. The van der Waals surface area contributed by atoms with E-state index in [1.54, 1.807) is 67.7 Å². The van der Waals surface area contributed by atoms with Crippen LogP contribution < -0.4 is 10.9 Å². The number of aliphatic carboxylic acids is 2. The Morgan fingerprint density at radius 3 is 1.63 bits per heavy atom. The third kappa shape index (κ3) is 10.4. The van der Waals surface area contributed by atoms with Gasteiger partial charge in [-0.15, -0.1) is 22.7 Å².